The number of methoxy groups -OCH3 is 1. The summed E-state index contributed by atoms with van der Waals surface area (Å²) in [7, 11) is 5.44. The highest BCUT2D eigenvalue weighted by atomic mass is 16.6. The van der Waals surface area contributed by atoms with Gasteiger partial charge < -0.3 is 9.64 Å². The van der Waals surface area contributed by atoms with Crippen molar-refractivity contribution < 1.29 is 9.66 Å². The number of nitro benzene ring substituents is 1. The van der Waals surface area contributed by atoms with E-state index in [0.29, 0.717) is 5.75 Å². The van der Waals surface area contributed by atoms with Crippen LogP contribution in [0.5, 0.6) is 5.75 Å². The first-order chi connectivity index (χ1) is 8.52. The molecule has 0 fully saturated rings. The third-order valence-electron chi connectivity index (χ3n) is 2.83. The summed E-state index contributed by atoms with van der Waals surface area (Å²) in [5.41, 5.74) is 1.06. The lowest BCUT2D eigenvalue weighted by Crippen LogP contribution is -2.08. The highest BCUT2D eigenvalue weighted by Crippen LogP contribution is 2.33. The van der Waals surface area contributed by atoms with Crippen molar-refractivity contribution in [2.45, 2.75) is 0 Å². The molecule has 0 atom stereocenters. The lowest BCUT2D eigenvalue weighted by molar-refractivity contribution is -0.384. The van der Waals surface area contributed by atoms with Crippen LogP contribution in [0.1, 0.15) is 0 Å². The second kappa shape index (κ2) is 4.52. The van der Waals surface area contributed by atoms with Gasteiger partial charge in [-0.1, -0.05) is 0 Å². The zero-order valence-corrected chi connectivity index (χ0v) is 10.5. The molecule has 18 heavy (non-hydrogen) atoms. The van der Waals surface area contributed by atoms with Crippen LogP contribution in [-0.4, -0.2) is 26.1 Å². The number of anilines is 1. The van der Waals surface area contributed by atoms with Crippen molar-refractivity contribution in [1.82, 2.24) is 0 Å². The topological polar surface area (TPSA) is 55.6 Å². The van der Waals surface area contributed by atoms with Crippen molar-refractivity contribution in [1.29, 1.82) is 0 Å². The number of rotatable bonds is 3. The molecule has 0 bridgehead atoms. The maximum Gasteiger partial charge on any atom is 0.270 e. The fourth-order valence-corrected chi connectivity index (χ4v) is 1.84. The second-order valence-electron chi connectivity index (χ2n) is 4.21. The molecule has 2 aromatic carbocycles. The number of ether oxygens (including phenoxy) is 1. The van der Waals surface area contributed by atoms with Crippen LogP contribution < -0.4 is 9.64 Å². The molecule has 0 saturated carbocycles. The van der Waals surface area contributed by atoms with E-state index >= 15 is 0 Å². The molecular weight excluding hydrogens is 232 g/mol. The summed E-state index contributed by atoms with van der Waals surface area (Å²) < 4.78 is 5.30. The van der Waals surface area contributed by atoms with Crippen LogP contribution in [0.3, 0.4) is 0 Å². The summed E-state index contributed by atoms with van der Waals surface area (Å²) in [6.45, 7) is 0. The Labute approximate surface area is 105 Å². The molecule has 0 saturated heterocycles. The van der Waals surface area contributed by atoms with Gasteiger partial charge in [0.25, 0.3) is 5.69 Å². The van der Waals surface area contributed by atoms with Gasteiger partial charge in [-0.3, -0.25) is 10.1 Å². The SMILES string of the molecule is COc1cc(N(C)C)cc2ccc([N+](=O)[O-])cc12. The molecule has 0 aliphatic carbocycles. The van der Waals surface area contributed by atoms with Gasteiger partial charge in [0.05, 0.1) is 12.0 Å². The zero-order chi connectivity index (χ0) is 13.3. The standard InChI is InChI=1S/C13H14N2O3/c1-14(2)11-6-9-4-5-10(15(16)17)7-12(9)13(8-11)18-3/h4-8H,1-3H3. The number of hydrogen-bond acceptors (Lipinski definition) is 4. The third kappa shape index (κ3) is 2.07. The Morgan fingerprint density at radius 3 is 2.50 bits per heavy atom. The number of fused-ring (bicyclic) bond motifs is 1. The molecular formula is C13H14N2O3. The summed E-state index contributed by atoms with van der Waals surface area (Å²) in [5, 5.41) is 12.4. The lowest BCUT2D eigenvalue weighted by Gasteiger charge is -2.15. The average Bonchev–Trinajstić information content (AvgIpc) is 2.36. The number of nitro groups is 1. The molecule has 0 amide bonds. The van der Waals surface area contributed by atoms with E-state index in [1.54, 1.807) is 13.2 Å². The first-order valence-electron chi connectivity index (χ1n) is 5.46. The van der Waals surface area contributed by atoms with E-state index in [-0.39, 0.29) is 5.69 Å². The van der Waals surface area contributed by atoms with Gasteiger partial charge in [-0.15, -0.1) is 0 Å². The first kappa shape index (κ1) is 12.2. The van der Waals surface area contributed by atoms with Gasteiger partial charge in [0.15, 0.2) is 0 Å². The predicted molar refractivity (Wildman–Crippen MR) is 71.5 cm³/mol. The summed E-state index contributed by atoms with van der Waals surface area (Å²) in [4.78, 5) is 12.3. The van der Waals surface area contributed by atoms with Crippen molar-refractivity contribution in [3.8, 4) is 5.75 Å². The fraction of sp³-hybridized carbons (Fsp3) is 0.231. The van der Waals surface area contributed by atoms with Gasteiger partial charge >= 0.3 is 0 Å². The normalized spacial score (nSPS) is 10.4. The highest BCUT2D eigenvalue weighted by Gasteiger charge is 2.11. The number of non-ortho nitro benzene ring substituents is 1. The number of hydrogen-bond donors (Lipinski definition) is 0. The van der Waals surface area contributed by atoms with E-state index in [1.165, 1.54) is 12.1 Å². The van der Waals surface area contributed by atoms with Gasteiger partial charge in [-0.2, -0.15) is 0 Å². The minimum atomic E-state index is -0.404. The fourth-order valence-electron chi connectivity index (χ4n) is 1.84. The van der Waals surface area contributed by atoms with Gasteiger partial charge in [0.1, 0.15) is 5.75 Å². The Hall–Kier alpha value is -2.30. The molecule has 94 valence electrons. The molecule has 0 unspecified atom stereocenters. The Morgan fingerprint density at radius 2 is 1.94 bits per heavy atom. The summed E-state index contributed by atoms with van der Waals surface area (Å²) >= 11 is 0. The van der Waals surface area contributed by atoms with Gasteiger partial charge in [-0.05, 0) is 17.5 Å². The molecule has 5 heteroatoms. The van der Waals surface area contributed by atoms with E-state index in [9.17, 15) is 10.1 Å². The van der Waals surface area contributed by atoms with Crippen LogP contribution in [0, 0.1) is 10.1 Å². The molecule has 0 heterocycles. The Bertz CT molecular complexity index is 608. The summed E-state index contributed by atoms with van der Waals surface area (Å²) in [6.07, 6.45) is 0. The van der Waals surface area contributed by atoms with Gasteiger partial charge in [0, 0.05) is 43.4 Å². The third-order valence-corrected chi connectivity index (χ3v) is 2.83. The number of benzene rings is 2. The predicted octanol–water partition coefficient (Wildman–Crippen LogP) is 2.82. The molecule has 0 radical (unpaired) electrons. The molecule has 5 nitrogen and oxygen atoms in total. The molecule has 0 N–H and O–H groups in total. The lowest BCUT2D eigenvalue weighted by atomic mass is 10.1. The van der Waals surface area contributed by atoms with Crippen molar-refractivity contribution in [3.63, 3.8) is 0 Å². The van der Waals surface area contributed by atoms with E-state index in [1.807, 2.05) is 31.1 Å². The molecule has 0 aliphatic heterocycles. The van der Waals surface area contributed by atoms with Crippen LogP contribution in [0.25, 0.3) is 10.8 Å². The second-order valence-corrected chi connectivity index (χ2v) is 4.21. The van der Waals surface area contributed by atoms with Gasteiger partial charge in [-0.25, -0.2) is 0 Å². The molecule has 0 aromatic heterocycles. The monoisotopic (exact) mass is 246 g/mol. The van der Waals surface area contributed by atoms with Crippen molar-refractivity contribution in [2.75, 3.05) is 26.1 Å². The summed E-state index contributed by atoms with van der Waals surface area (Å²) in [5.74, 6) is 0.639. The maximum absolute atomic E-state index is 10.8. The Balaban J connectivity index is 2.71. The van der Waals surface area contributed by atoms with Crippen molar-refractivity contribution in [2.24, 2.45) is 0 Å². The number of nitrogens with zero attached hydrogens (tertiary/aromatic N) is 2. The smallest absolute Gasteiger partial charge is 0.270 e. The Morgan fingerprint density at radius 1 is 1.22 bits per heavy atom. The zero-order valence-electron chi connectivity index (χ0n) is 10.5. The quantitative estimate of drug-likeness (QED) is 0.617. The van der Waals surface area contributed by atoms with Crippen molar-refractivity contribution >= 4 is 22.1 Å². The van der Waals surface area contributed by atoms with Crippen LogP contribution >= 0.6 is 0 Å². The van der Waals surface area contributed by atoms with Crippen molar-refractivity contribution in [3.05, 3.63) is 40.4 Å². The van der Waals surface area contributed by atoms with Gasteiger partial charge in [0.2, 0.25) is 0 Å². The average molecular weight is 246 g/mol. The van der Waals surface area contributed by atoms with Crippen LogP contribution in [0.15, 0.2) is 30.3 Å². The molecule has 2 rings (SSSR count). The van der Waals surface area contributed by atoms with E-state index in [2.05, 4.69) is 0 Å². The molecule has 0 spiro atoms. The Kier molecular flexibility index (Phi) is 3.06. The van der Waals surface area contributed by atoms with E-state index < -0.39 is 4.92 Å². The minimum Gasteiger partial charge on any atom is -0.496 e. The molecule has 0 aliphatic rings. The first-order valence-corrected chi connectivity index (χ1v) is 5.46. The maximum atomic E-state index is 10.8. The summed E-state index contributed by atoms with van der Waals surface area (Å²) in [6, 6.07) is 8.62. The van der Waals surface area contributed by atoms with Crippen LogP contribution in [0.4, 0.5) is 11.4 Å². The minimum absolute atomic E-state index is 0.0680. The highest BCUT2D eigenvalue weighted by molar-refractivity contribution is 5.93. The van der Waals surface area contributed by atoms with E-state index in [4.69, 9.17) is 4.74 Å². The largest absolute Gasteiger partial charge is 0.496 e. The van der Waals surface area contributed by atoms with Crippen LogP contribution in [-0.2, 0) is 0 Å². The van der Waals surface area contributed by atoms with E-state index in [0.717, 1.165) is 16.5 Å². The van der Waals surface area contributed by atoms with Crippen LogP contribution in [0.2, 0.25) is 0 Å². The molecule has 2 aromatic rings.